The first-order chi connectivity index (χ1) is 13.0. The van der Waals surface area contributed by atoms with Gasteiger partial charge in [0.05, 0.1) is 6.20 Å². The minimum Gasteiger partial charge on any atom is -0.492 e. The lowest BCUT2D eigenvalue weighted by atomic mass is 10.3. The Labute approximate surface area is 166 Å². The third-order valence-corrected chi connectivity index (χ3v) is 3.90. The molecule has 0 aliphatic rings. The molecule has 0 fully saturated rings. The Bertz CT molecular complexity index is 755. The molecule has 8 nitrogen and oxygen atoms in total. The predicted molar refractivity (Wildman–Crippen MR) is 108 cm³/mol. The van der Waals surface area contributed by atoms with Gasteiger partial charge in [0.2, 0.25) is 5.91 Å². The molecule has 1 aromatic carbocycles. The summed E-state index contributed by atoms with van der Waals surface area (Å²) >= 11 is 7.17. The Morgan fingerprint density at radius 1 is 1.41 bits per heavy atom. The normalized spacial score (nSPS) is 9.89. The average molecular weight is 415 g/mol. The number of primary amides is 1. The van der Waals surface area contributed by atoms with Crippen LogP contribution >= 0.6 is 23.4 Å². The number of nitrogens with one attached hydrogen (secondary N) is 2. The summed E-state index contributed by atoms with van der Waals surface area (Å²) in [6.45, 7) is 0.986. The Balaban J connectivity index is 0.000000445. The lowest BCUT2D eigenvalue weighted by Gasteiger charge is -2.08. The van der Waals surface area contributed by atoms with Gasteiger partial charge in [0, 0.05) is 24.6 Å². The van der Waals surface area contributed by atoms with Gasteiger partial charge < -0.3 is 20.9 Å². The van der Waals surface area contributed by atoms with Crippen molar-refractivity contribution < 1.29 is 14.6 Å². The number of benzene rings is 1. The zero-order valence-corrected chi connectivity index (χ0v) is 16.5. The van der Waals surface area contributed by atoms with Crippen LogP contribution in [0.5, 0.6) is 5.75 Å². The number of carbonyl (C=O) groups is 1. The van der Waals surface area contributed by atoms with Crippen LogP contribution in [0.25, 0.3) is 0 Å². The first-order valence-corrected chi connectivity index (χ1v) is 9.71. The van der Waals surface area contributed by atoms with Gasteiger partial charge in [-0.15, -0.1) is 0 Å². The minimum atomic E-state index is -0.353. The lowest BCUT2D eigenvalue weighted by Crippen LogP contribution is -2.19. The van der Waals surface area contributed by atoms with E-state index in [1.807, 2.05) is 6.26 Å². The Kier molecular flexibility index (Phi) is 11.0. The van der Waals surface area contributed by atoms with Crippen LogP contribution in [0, 0.1) is 0 Å². The maximum absolute atomic E-state index is 11.7. The van der Waals surface area contributed by atoms with E-state index in [0.717, 1.165) is 5.75 Å². The standard InChI is InChI=1S/C13H14ClN3O2S.C4H9NO2/c1-20-13-16-8-11(12(18)17-13)15-6-7-19-10-4-2-9(14)3-5-10;5-4(7)2-1-3-6/h2-5,8,15H,6-7H2,1H3,(H,16,17,18);6H,1-3H2,(H2,5,7). The van der Waals surface area contributed by atoms with E-state index < -0.39 is 0 Å². The maximum Gasteiger partial charge on any atom is 0.274 e. The van der Waals surface area contributed by atoms with Crippen molar-refractivity contribution in [3.63, 3.8) is 0 Å². The molecule has 0 bridgehead atoms. The molecule has 0 aliphatic heterocycles. The van der Waals surface area contributed by atoms with Gasteiger partial charge in [-0.05, 0) is 36.9 Å². The third-order valence-electron chi connectivity index (χ3n) is 3.05. The second-order valence-electron chi connectivity index (χ2n) is 5.16. The van der Waals surface area contributed by atoms with Crippen molar-refractivity contribution in [2.24, 2.45) is 5.73 Å². The number of halogens is 1. The SMILES string of the molecule is CSc1ncc(NCCOc2ccc(Cl)cc2)c(=O)[nH]1.NC(=O)CCCO. The highest BCUT2D eigenvalue weighted by molar-refractivity contribution is 7.98. The molecule has 10 heteroatoms. The van der Waals surface area contributed by atoms with Crippen LogP contribution in [0.1, 0.15) is 12.8 Å². The van der Waals surface area contributed by atoms with E-state index in [1.165, 1.54) is 18.0 Å². The molecule has 0 saturated carbocycles. The fourth-order valence-electron chi connectivity index (χ4n) is 1.75. The molecule has 1 heterocycles. The van der Waals surface area contributed by atoms with Gasteiger partial charge in [0.1, 0.15) is 18.0 Å². The van der Waals surface area contributed by atoms with Gasteiger partial charge in [-0.2, -0.15) is 0 Å². The molecular formula is C17H23ClN4O4S. The fraction of sp³-hybridized carbons (Fsp3) is 0.353. The molecule has 0 aliphatic carbocycles. The smallest absolute Gasteiger partial charge is 0.274 e. The van der Waals surface area contributed by atoms with E-state index in [1.54, 1.807) is 24.3 Å². The Hall–Kier alpha value is -2.23. The van der Waals surface area contributed by atoms with Crippen LogP contribution in [-0.2, 0) is 4.79 Å². The van der Waals surface area contributed by atoms with Crippen molar-refractivity contribution in [3.05, 3.63) is 45.8 Å². The summed E-state index contributed by atoms with van der Waals surface area (Å²) in [5.74, 6) is 0.384. The number of aromatic nitrogens is 2. The largest absolute Gasteiger partial charge is 0.492 e. The predicted octanol–water partition coefficient (Wildman–Crippen LogP) is 1.88. The number of nitrogens with zero attached hydrogens (tertiary/aromatic N) is 1. The van der Waals surface area contributed by atoms with E-state index in [2.05, 4.69) is 15.3 Å². The number of amides is 1. The van der Waals surface area contributed by atoms with Gasteiger partial charge >= 0.3 is 0 Å². The van der Waals surface area contributed by atoms with Crippen LogP contribution in [-0.4, -0.2) is 47.0 Å². The Morgan fingerprint density at radius 2 is 2.11 bits per heavy atom. The fourth-order valence-corrected chi connectivity index (χ4v) is 2.23. The van der Waals surface area contributed by atoms with Crippen molar-refractivity contribution in [1.82, 2.24) is 9.97 Å². The molecule has 2 aromatic rings. The molecule has 2 rings (SSSR count). The van der Waals surface area contributed by atoms with Crippen LogP contribution in [0.15, 0.2) is 40.4 Å². The van der Waals surface area contributed by atoms with Crippen LogP contribution in [0.2, 0.25) is 5.02 Å². The van der Waals surface area contributed by atoms with Gasteiger partial charge in [0.15, 0.2) is 5.16 Å². The number of hydrogen-bond donors (Lipinski definition) is 4. The summed E-state index contributed by atoms with van der Waals surface area (Å²) in [5.41, 5.74) is 4.98. The van der Waals surface area contributed by atoms with Crippen molar-refractivity contribution in [2.75, 3.05) is 31.3 Å². The van der Waals surface area contributed by atoms with Crippen molar-refractivity contribution in [2.45, 2.75) is 18.0 Å². The molecule has 5 N–H and O–H groups in total. The third kappa shape index (κ3) is 9.88. The molecule has 0 saturated heterocycles. The monoisotopic (exact) mass is 414 g/mol. The number of nitrogens with two attached hydrogens (primary N) is 1. The van der Waals surface area contributed by atoms with Crippen molar-refractivity contribution in [3.8, 4) is 5.75 Å². The number of rotatable bonds is 9. The molecule has 0 unspecified atom stereocenters. The van der Waals surface area contributed by atoms with Crippen molar-refractivity contribution in [1.29, 1.82) is 0 Å². The molecule has 0 spiro atoms. The van der Waals surface area contributed by atoms with Crippen LogP contribution in [0.4, 0.5) is 5.69 Å². The number of ether oxygens (including phenoxy) is 1. The molecule has 1 aromatic heterocycles. The number of aliphatic hydroxyl groups is 1. The number of aliphatic hydroxyl groups excluding tert-OH is 1. The summed E-state index contributed by atoms with van der Waals surface area (Å²) in [6.07, 6.45) is 4.14. The van der Waals surface area contributed by atoms with Gasteiger partial charge in [-0.3, -0.25) is 14.6 Å². The van der Waals surface area contributed by atoms with Gasteiger partial charge in [-0.1, -0.05) is 23.4 Å². The first-order valence-electron chi connectivity index (χ1n) is 8.11. The zero-order chi connectivity index (χ0) is 20.1. The molecule has 148 valence electrons. The average Bonchev–Trinajstić information content (AvgIpc) is 2.66. The number of H-pyrrole nitrogens is 1. The molecular weight excluding hydrogens is 392 g/mol. The van der Waals surface area contributed by atoms with Crippen LogP contribution in [0.3, 0.4) is 0 Å². The topological polar surface area (TPSA) is 130 Å². The molecule has 1 amide bonds. The summed E-state index contributed by atoms with van der Waals surface area (Å²) in [6, 6.07) is 7.12. The van der Waals surface area contributed by atoms with E-state index >= 15 is 0 Å². The number of aromatic amines is 1. The second kappa shape index (κ2) is 13.0. The highest BCUT2D eigenvalue weighted by atomic mass is 35.5. The van der Waals surface area contributed by atoms with E-state index in [-0.39, 0.29) is 24.5 Å². The summed E-state index contributed by atoms with van der Waals surface area (Å²) in [7, 11) is 0. The summed E-state index contributed by atoms with van der Waals surface area (Å²) in [5, 5.41) is 12.4. The van der Waals surface area contributed by atoms with Gasteiger partial charge in [0.25, 0.3) is 5.56 Å². The van der Waals surface area contributed by atoms with E-state index in [4.69, 9.17) is 27.2 Å². The van der Waals surface area contributed by atoms with Crippen LogP contribution < -0.4 is 21.3 Å². The molecule has 0 radical (unpaired) electrons. The minimum absolute atomic E-state index is 0.0446. The highest BCUT2D eigenvalue weighted by Crippen LogP contribution is 2.15. The molecule has 0 atom stereocenters. The highest BCUT2D eigenvalue weighted by Gasteiger charge is 2.01. The van der Waals surface area contributed by atoms with Crippen molar-refractivity contribution >= 4 is 35.0 Å². The summed E-state index contributed by atoms with van der Waals surface area (Å²) < 4.78 is 5.51. The second-order valence-corrected chi connectivity index (χ2v) is 6.39. The maximum atomic E-state index is 11.7. The quantitative estimate of drug-likeness (QED) is 0.280. The lowest BCUT2D eigenvalue weighted by molar-refractivity contribution is -0.118. The molecule has 27 heavy (non-hydrogen) atoms. The first kappa shape index (κ1) is 22.8. The van der Waals surface area contributed by atoms with E-state index in [0.29, 0.717) is 35.4 Å². The summed E-state index contributed by atoms with van der Waals surface area (Å²) in [4.78, 5) is 28.3. The number of thioether (sulfide) groups is 1. The van der Waals surface area contributed by atoms with Gasteiger partial charge in [-0.25, -0.2) is 4.98 Å². The van der Waals surface area contributed by atoms with E-state index in [9.17, 15) is 9.59 Å². The number of hydrogen-bond acceptors (Lipinski definition) is 7. The number of carbonyl (C=O) groups excluding carboxylic acids is 1. The zero-order valence-electron chi connectivity index (χ0n) is 14.9. The number of anilines is 1. The Morgan fingerprint density at radius 3 is 2.63 bits per heavy atom.